The zero-order valence-electron chi connectivity index (χ0n) is 11.1. The Bertz CT molecular complexity index is 427. The topological polar surface area (TPSA) is 64.2 Å². The molecule has 100 valence electrons. The summed E-state index contributed by atoms with van der Waals surface area (Å²) in [5, 5.41) is 4.01. The van der Waals surface area contributed by atoms with Gasteiger partial charge in [-0.05, 0) is 12.0 Å². The van der Waals surface area contributed by atoms with Gasteiger partial charge >= 0.3 is 0 Å². The molecule has 1 aromatic rings. The predicted molar refractivity (Wildman–Crippen MR) is 75.4 cm³/mol. The van der Waals surface area contributed by atoms with Crippen molar-refractivity contribution in [3.63, 3.8) is 0 Å². The van der Waals surface area contributed by atoms with Crippen LogP contribution in [0.3, 0.4) is 0 Å². The van der Waals surface area contributed by atoms with Crippen LogP contribution < -0.4 is 5.73 Å². The van der Waals surface area contributed by atoms with E-state index in [0.29, 0.717) is 36.1 Å². The largest absolute Gasteiger partial charge is 0.393 e. The quantitative estimate of drug-likeness (QED) is 0.787. The molecule has 5 nitrogen and oxygen atoms in total. The van der Waals surface area contributed by atoms with Gasteiger partial charge in [-0.2, -0.15) is 5.10 Å². The lowest BCUT2D eigenvalue weighted by Gasteiger charge is -2.24. The number of carbonyl (C=O) groups is 1. The number of rotatable bonds is 6. The van der Waals surface area contributed by atoms with Crippen LogP contribution in [0.1, 0.15) is 30.8 Å². The average molecular weight is 268 g/mol. The van der Waals surface area contributed by atoms with Gasteiger partial charge in [-0.25, -0.2) is 0 Å². The van der Waals surface area contributed by atoms with Gasteiger partial charge in [-0.3, -0.25) is 9.48 Å². The number of carbonyl (C=O) groups excluding carboxylic acids is 1. The van der Waals surface area contributed by atoms with Crippen LogP contribution in [-0.4, -0.2) is 38.7 Å². The summed E-state index contributed by atoms with van der Waals surface area (Å²) in [4.78, 5) is 14.6. The van der Waals surface area contributed by atoms with Crippen molar-refractivity contribution >= 4 is 23.1 Å². The van der Waals surface area contributed by atoms with E-state index in [9.17, 15) is 4.79 Å². The van der Waals surface area contributed by atoms with E-state index in [2.05, 4.69) is 18.9 Å². The first-order chi connectivity index (χ1) is 8.41. The number of thiocarbonyl (C=S) groups is 1. The first-order valence-electron chi connectivity index (χ1n) is 5.97. The van der Waals surface area contributed by atoms with Crippen LogP contribution in [-0.2, 0) is 7.05 Å². The van der Waals surface area contributed by atoms with E-state index in [4.69, 9.17) is 18.0 Å². The lowest BCUT2D eigenvalue weighted by molar-refractivity contribution is 0.0730. The molecule has 0 aliphatic rings. The lowest BCUT2D eigenvalue weighted by Crippen LogP contribution is -2.37. The van der Waals surface area contributed by atoms with Gasteiger partial charge in [0.2, 0.25) is 0 Å². The molecule has 6 heteroatoms. The first kappa shape index (κ1) is 14.6. The van der Waals surface area contributed by atoms with Crippen molar-refractivity contribution in [1.82, 2.24) is 14.7 Å². The van der Waals surface area contributed by atoms with E-state index >= 15 is 0 Å². The molecule has 0 fully saturated rings. The fourth-order valence-electron chi connectivity index (χ4n) is 1.71. The fourth-order valence-corrected chi connectivity index (χ4v) is 1.80. The molecule has 0 bridgehead atoms. The highest BCUT2D eigenvalue weighted by atomic mass is 32.1. The van der Waals surface area contributed by atoms with Gasteiger partial charge in [-0.15, -0.1) is 0 Å². The number of aromatic nitrogens is 2. The normalized spacial score (nSPS) is 10.7. The smallest absolute Gasteiger partial charge is 0.272 e. The van der Waals surface area contributed by atoms with Gasteiger partial charge in [0.25, 0.3) is 5.91 Å². The maximum Gasteiger partial charge on any atom is 0.272 e. The van der Waals surface area contributed by atoms with Crippen molar-refractivity contribution in [3.05, 3.63) is 18.0 Å². The van der Waals surface area contributed by atoms with Gasteiger partial charge in [0.05, 0.1) is 4.99 Å². The van der Waals surface area contributed by atoms with Crippen molar-refractivity contribution in [2.75, 3.05) is 13.1 Å². The van der Waals surface area contributed by atoms with Crippen LogP contribution in [0.5, 0.6) is 0 Å². The highest BCUT2D eigenvalue weighted by molar-refractivity contribution is 7.80. The average Bonchev–Trinajstić information content (AvgIpc) is 2.69. The molecule has 2 N–H and O–H groups in total. The van der Waals surface area contributed by atoms with Crippen LogP contribution >= 0.6 is 12.2 Å². The van der Waals surface area contributed by atoms with E-state index in [-0.39, 0.29) is 5.91 Å². The molecule has 18 heavy (non-hydrogen) atoms. The van der Waals surface area contributed by atoms with Crippen LogP contribution in [0, 0.1) is 5.92 Å². The Labute approximate surface area is 113 Å². The summed E-state index contributed by atoms with van der Waals surface area (Å²) >= 11 is 4.86. The molecule has 0 unspecified atom stereocenters. The summed E-state index contributed by atoms with van der Waals surface area (Å²) in [5.74, 6) is 0.369. The Kier molecular flexibility index (Phi) is 5.27. The number of nitrogens with two attached hydrogens (primary N) is 1. The zero-order chi connectivity index (χ0) is 13.7. The van der Waals surface area contributed by atoms with Gasteiger partial charge in [-0.1, -0.05) is 26.1 Å². The highest BCUT2D eigenvalue weighted by Gasteiger charge is 2.19. The molecule has 1 amide bonds. The van der Waals surface area contributed by atoms with Crippen molar-refractivity contribution in [1.29, 1.82) is 0 Å². The summed E-state index contributed by atoms with van der Waals surface area (Å²) in [6, 6.07) is 1.72. The number of hydrogen-bond acceptors (Lipinski definition) is 3. The standard InChI is InChI=1S/C12H20N4OS/c1-9(2)8-16(7-5-11(13)18)12(17)10-4-6-14-15(10)3/h4,6,9H,5,7-8H2,1-3H3,(H2,13,18). The molecule has 1 rings (SSSR count). The van der Waals surface area contributed by atoms with Gasteiger partial charge in [0.15, 0.2) is 0 Å². The zero-order valence-corrected chi connectivity index (χ0v) is 11.9. The Morgan fingerprint density at radius 3 is 2.72 bits per heavy atom. The van der Waals surface area contributed by atoms with Crippen molar-refractivity contribution in [3.8, 4) is 0 Å². The third-order valence-corrected chi connectivity index (χ3v) is 2.75. The first-order valence-corrected chi connectivity index (χ1v) is 6.38. The molecule has 1 heterocycles. The molecule has 0 aromatic carbocycles. The molecule has 0 atom stereocenters. The monoisotopic (exact) mass is 268 g/mol. The lowest BCUT2D eigenvalue weighted by atomic mass is 10.2. The number of aryl methyl sites for hydroxylation is 1. The van der Waals surface area contributed by atoms with Crippen molar-refractivity contribution in [2.45, 2.75) is 20.3 Å². The summed E-state index contributed by atoms with van der Waals surface area (Å²) in [6.45, 7) is 5.39. The second-order valence-corrected chi connectivity index (χ2v) is 5.23. The van der Waals surface area contributed by atoms with Crippen LogP contribution in [0.15, 0.2) is 12.3 Å². The Balaban J connectivity index is 2.78. The molecule has 0 aliphatic heterocycles. The van der Waals surface area contributed by atoms with Crippen molar-refractivity contribution < 1.29 is 4.79 Å². The SMILES string of the molecule is CC(C)CN(CCC(N)=S)C(=O)c1ccnn1C. The molecule has 0 saturated heterocycles. The summed E-state index contributed by atoms with van der Waals surface area (Å²) < 4.78 is 1.58. The summed E-state index contributed by atoms with van der Waals surface area (Å²) in [5.41, 5.74) is 6.08. The fraction of sp³-hybridized carbons (Fsp3) is 0.583. The van der Waals surface area contributed by atoms with E-state index in [1.165, 1.54) is 0 Å². The van der Waals surface area contributed by atoms with Crippen LogP contribution in [0.4, 0.5) is 0 Å². The number of hydrogen-bond donors (Lipinski definition) is 1. The Hall–Kier alpha value is -1.43. The second-order valence-electron chi connectivity index (χ2n) is 4.70. The highest BCUT2D eigenvalue weighted by Crippen LogP contribution is 2.07. The summed E-state index contributed by atoms with van der Waals surface area (Å²) in [6.07, 6.45) is 2.17. The third-order valence-electron chi connectivity index (χ3n) is 2.54. The number of amides is 1. The molecular weight excluding hydrogens is 248 g/mol. The Morgan fingerprint density at radius 1 is 1.61 bits per heavy atom. The maximum absolute atomic E-state index is 12.4. The third kappa shape index (κ3) is 4.10. The minimum atomic E-state index is -0.0278. The molecular formula is C12H20N4OS. The molecule has 0 aliphatic carbocycles. The summed E-state index contributed by atoms with van der Waals surface area (Å²) in [7, 11) is 1.76. The minimum absolute atomic E-state index is 0.0278. The van der Waals surface area contributed by atoms with Crippen LogP contribution in [0.2, 0.25) is 0 Å². The van der Waals surface area contributed by atoms with E-state index in [0.717, 1.165) is 0 Å². The maximum atomic E-state index is 12.4. The molecule has 0 radical (unpaired) electrons. The molecule has 0 saturated carbocycles. The van der Waals surface area contributed by atoms with Crippen molar-refractivity contribution in [2.24, 2.45) is 18.7 Å². The second kappa shape index (κ2) is 6.49. The molecule has 0 spiro atoms. The predicted octanol–water partition coefficient (Wildman–Crippen LogP) is 1.19. The van der Waals surface area contributed by atoms with Crippen LogP contribution in [0.25, 0.3) is 0 Å². The number of nitrogens with zero attached hydrogens (tertiary/aromatic N) is 3. The van der Waals surface area contributed by atoms with Gasteiger partial charge in [0.1, 0.15) is 5.69 Å². The van der Waals surface area contributed by atoms with Gasteiger partial charge in [0, 0.05) is 32.8 Å². The van der Waals surface area contributed by atoms with Gasteiger partial charge < -0.3 is 10.6 Å². The van der Waals surface area contributed by atoms with E-state index in [1.54, 1.807) is 28.9 Å². The van der Waals surface area contributed by atoms with E-state index in [1.807, 2.05) is 0 Å². The minimum Gasteiger partial charge on any atom is -0.393 e. The Morgan fingerprint density at radius 2 is 2.28 bits per heavy atom. The molecule has 1 aromatic heterocycles. The van der Waals surface area contributed by atoms with E-state index < -0.39 is 0 Å².